The van der Waals surface area contributed by atoms with Crippen LogP contribution in [0.3, 0.4) is 0 Å². The average Bonchev–Trinajstić information content (AvgIpc) is 3.44. The van der Waals surface area contributed by atoms with Crippen molar-refractivity contribution in [2.75, 3.05) is 7.11 Å². The molecule has 0 aliphatic carbocycles. The molecule has 0 fully saturated rings. The number of halogens is 2. The summed E-state index contributed by atoms with van der Waals surface area (Å²) in [7, 11) is 1.56. The smallest absolute Gasteiger partial charge is 0.259 e. The molecule has 5 rings (SSSR count). The van der Waals surface area contributed by atoms with Crippen LogP contribution in [-0.4, -0.2) is 32.6 Å². The Morgan fingerprint density at radius 3 is 2.67 bits per heavy atom. The molecule has 0 amide bonds. The second kappa shape index (κ2) is 8.69. The summed E-state index contributed by atoms with van der Waals surface area (Å²) < 4.78 is 12.5. The van der Waals surface area contributed by atoms with Crippen molar-refractivity contribution in [1.82, 2.24) is 19.7 Å². The van der Waals surface area contributed by atoms with E-state index in [0.29, 0.717) is 28.3 Å². The van der Waals surface area contributed by atoms with Gasteiger partial charge < -0.3 is 13.8 Å². The number of rotatable bonds is 6. The Morgan fingerprint density at radius 1 is 1.12 bits per heavy atom. The van der Waals surface area contributed by atoms with Crippen LogP contribution in [0.15, 0.2) is 71.5 Å². The molecule has 164 valence electrons. The van der Waals surface area contributed by atoms with E-state index < -0.39 is 5.78 Å². The molecule has 0 aliphatic heterocycles. The lowest BCUT2D eigenvalue weighted by Crippen LogP contribution is -2.05. The first-order chi connectivity index (χ1) is 16.0. The van der Waals surface area contributed by atoms with Gasteiger partial charge in [0.1, 0.15) is 10.9 Å². The number of benzene rings is 2. The topological polar surface area (TPSA) is 83.0 Å². The molecule has 5 aromatic rings. The van der Waals surface area contributed by atoms with Crippen molar-refractivity contribution in [3.8, 4) is 17.2 Å². The van der Waals surface area contributed by atoms with Gasteiger partial charge in [0, 0.05) is 29.3 Å². The van der Waals surface area contributed by atoms with E-state index in [2.05, 4.69) is 15.1 Å². The van der Waals surface area contributed by atoms with Crippen LogP contribution in [0.5, 0.6) is 5.75 Å². The Labute approximate surface area is 198 Å². The molecule has 0 aliphatic rings. The lowest BCUT2D eigenvalue weighted by atomic mass is 10.1. The third-order valence-electron chi connectivity index (χ3n) is 5.23. The maximum absolute atomic E-state index is 13.5. The minimum atomic E-state index is -0.452. The Morgan fingerprint density at radius 2 is 1.94 bits per heavy atom. The number of hydrogen-bond acceptors (Lipinski definition) is 6. The molecule has 2 aromatic carbocycles. The molecule has 0 atom stereocenters. The highest BCUT2D eigenvalue weighted by Gasteiger charge is 2.27. The number of fused-ring (bicyclic) bond motifs is 1. The molecular formula is C24H16Cl2N4O3. The molecule has 0 N–H and O–H groups in total. The van der Waals surface area contributed by atoms with Crippen molar-refractivity contribution in [2.45, 2.75) is 6.54 Å². The number of pyridine rings is 1. The zero-order valence-electron chi connectivity index (χ0n) is 17.3. The van der Waals surface area contributed by atoms with Gasteiger partial charge in [0.05, 0.1) is 23.8 Å². The van der Waals surface area contributed by atoms with E-state index in [9.17, 15) is 4.79 Å². The van der Waals surface area contributed by atoms with Crippen LogP contribution in [0.25, 0.3) is 22.4 Å². The van der Waals surface area contributed by atoms with Gasteiger partial charge in [0.15, 0.2) is 0 Å². The average molecular weight is 479 g/mol. The molecule has 0 saturated heterocycles. The number of ether oxygens (including phenoxy) is 1. The van der Waals surface area contributed by atoms with E-state index in [1.165, 1.54) is 0 Å². The number of aromatic nitrogens is 4. The predicted molar refractivity (Wildman–Crippen MR) is 125 cm³/mol. The van der Waals surface area contributed by atoms with Crippen LogP contribution in [0.1, 0.15) is 21.7 Å². The second-order valence-electron chi connectivity index (χ2n) is 7.26. The number of hydrogen-bond donors (Lipinski definition) is 0. The molecule has 9 heteroatoms. The summed E-state index contributed by atoms with van der Waals surface area (Å²) >= 11 is 12.8. The van der Waals surface area contributed by atoms with Gasteiger partial charge in [-0.3, -0.25) is 9.78 Å². The van der Waals surface area contributed by atoms with Gasteiger partial charge in [0.25, 0.3) is 5.89 Å². The minimum Gasteiger partial charge on any atom is -0.497 e. The maximum atomic E-state index is 13.5. The molecule has 3 heterocycles. The highest BCUT2D eigenvalue weighted by Crippen LogP contribution is 2.35. The molecule has 0 spiro atoms. The SMILES string of the molecule is COc1ccc2c(c1)c(C(=O)c1noc(-c3cccnc3)n1)c(Cl)n2Cc1ccc(Cl)cc1. The highest BCUT2D eigenvalue weighted by molar-refractivity contribution is 6.37. The maximum Gasteiger partial charge on any atom is 0.259 e. The van der Waals surface area contributed by atoms with Crippen LogP contribution in [0, 0.1) is 0 Å². The Bertz CT molecular complexity index is 1460. The Balaban J connectivity index is 1.61. The molecule has 33 heavy (non-hydrogen) atoms. The Kier molecular flexibility index (Phi) is 5.58. The number of carbonyl (C=O) groups excluding carboxylic acids is 1. The summed E-state index contributed by atoms with van der Waals surface area (Å²) in [5.74, 6) is 0.252. The molecule has 0 saturated carbocycles. The summed E-state index contributed by atoms with van der Waals surface area (Å²) in [4.78, 5) is 21.8. The van der Waals surface area contributed by atoms with E-state index in [0.717, 1.165) is 11.1 Å². The van der Waals surface area contributed by atoms with Gasteiger partial charge in [-0.05, 0) is 48.0 Å². The van der Waals surface area contributed by atoms with E-state index >= 15 is 0 Å². The van der Waals surface area contributed by atoms with Crippen LogP contribution < -0.4 is 4.74 Å². The van der Waals surface area contributed by atoms with E-state index in [4.69, 9.17) is 32.5 Å². The van der Waals surface area contributed by atoms with Crippen molar-refractivity contribution in [3.05, 3.63) is 94.1 Å². The zero-order valence-corrected chi connectivity index (χ0v) is 18.8. The largest absolute Gasteiger partial charge is 0.497 e. The monoisotopic (exact) mass is 478 g/mol. The molecule has 7 nitrogen and oxygen atoms in total. The predicted octanol–water partition coefficient (Wildman–Crippen LogP) is 5.68. The van der Waals surface area contributed by atoms with Crippen LogP contribution in [0.2, 0.25) is 10.2 Å². The standard InChI is InChI=1S/C24H16Cl2N4O3/c1-32-17-8-9-19-18(11-17)20(22(26)30(19)13-14-4-6-16(25)7-5-14)21(31)23-28-24(33-29-23)15-3-2-10-27-12-15/h2-12H,13H2,1H3. The Hall–Kier alpha value is -3.68. The first kappa shape index (κ1) is 21.2. The van der Waals surface area contributed by atoms with E-state index in [-0.39, 0.29) is 22.4 Å². The number of methoxy groups -OCH3 is 1. The lowest BCUT2D eigenvalue weighted by Gasteiger charge is -2.08. The number of nitrogens with zero attached hydrogens (tertiary/aromatic N) is 4. The summed E-state index contributed by atoms with van der Waals surface area (Å²) in [6.07, 6.45) is 3.21. The van der Waals surface area contributed by atoms with Crippen LogP contribution in [-0.2, 0) is 6.54 Å². The molecule has 0 radical (unpaired) electrons. The lowest BCUT2D eigenvalue weighted by molar-refractivity contribution is 0.102. The van der Waals surface area contributed by atoms with Crippen molar-refractivity contribution in [1.29, 1.82) is 0 Å². The van der Waals surface area contributed by atoms with Crippen molar-refractivity contribution >= 4 is 39.9 Å². The van der Waals surface area contributed by atoms with Gasteiger partial charge >= 0.3 is 0 Å². The summed E-state index contributed by atoms with van der Waals surface area (Å²) in [6.45, 7) is 0.444. The summed E-state index contributed by atoms with van der Waals surface area (Å²) in [5.41, 5.74) is 2.64. The fraction of sp³-hybridized carbons (Fsp3) is 0.0833. The van der Waals surface area contributed by atoms with E-state index in [1.54, 1.807) is 37.7 Å². The highest BCUT2D eigenvalue weighted by atomic mass is 35.5. The second-order valence-corrected chi connectivity index (χ2v) is 8.05. The summed E-state index contributed by atoms with van der Waals surface area (Å²) in [5, 5.41) is 5.43. The van der Waals surface area contributed by atoms with Crippen LogP contribution in [0.4, 0.5) is 0 Å². The first-order valence-corrected chi connectivity index (χ1v) is 10.7. The molecule has 0 unspecified atom stereocenters. The van der Waals surface area contributed by atoms with Crippen molar-refractivity contribution in [2.24, 2.45) is 0 Å². The molecular weight excluding hydrogens is 463 g/mol. The van der Waals surface area contributed by atoms with Crippen molar-refractivity contribution in [3.63, 3.8) is 0 Å². The normalized spacial score (nSPS) is 11.1. The fourth-order valence-corrected chi connectivity index (χ4v) is 4.07. The summed E-state index contributed by atoms with van der Waals surface area (Å²) in [6, 6.07) is 16.4. The van der Waals surface area contributed by atoms with Gasteiger partial charge in [-0.25, -0.2) is 0 Å². The number of ketones is 1. The minimum absolute atomic E-state index is 0.0934. The number of carbonyl (C=O) groups is 1. The first-order valence-electron chi connectivity index (χ1n) is 9.94. The van der Waals surface area contributed by atoms with Gasteiger partial charge in [0.2, 0.25) is 11.6 Å². The third-order valence-corrected chi connectivity index (χ3v) is 5.87. The van der Waals surface area contributed by atoms with Gasteiger partial charge in [-0.1, -0.05) is 40.5 Å². The van der Waals surface area contributed by atoms with Gasteiger partial charge in [-0.2, -0.15) is 4.98 Å². The quantitative estimate of drug-likeness (QED) is 0.292. The van der Waals surface area contributed by atoms with E-state index in [1.807, 2.05) is 41.0 Å². The molecule has 3 aromatic heterocycles. The van der Waals surface area contributed by atoms with Gasteiger partial charge in [-0.15, -0.1) is 0 Å². The fourth-order valence-electron chi connectivity index (χ4n) is 3.61. The third kappa shape index (κ3) is 3.97. The molecule has 0 bridgehead atoms. The van der Waals surface area contributed by atoms with Crippen molar-refractivity contribution < 1.29 is 14.1 Å². The van der Waals surface area contributed by atoms with Crippen LogP contribution >= 0.6 is 23.2 Å². The zero-order chi connectivity index (χ0) is 22.9.